The van der Waals surface area contributed by atoms with E-state index in [1.54, 1.807) is 0 Å². The Morgan fingerprint density at radius 2 is 1.29 bits per heavy atom. The van der Waals surface area contributed by atoms with E-state index in [1.165, 1.54) is 22.3 Å². The lowest BCUT2D eigenvalue weighted by Gasteiger charge is -2.17. The van der Waals surface area contributed by atoms with Crippen LogP contribution in [0.4, 0.5) is 0 Å². The van der Waals surface area contributed by atoms with E-state index in [4.69, 9.17) is 4.74 Å². The van der Waals surface area contributed by atoms with Crippen molar-refractivity contribution in [3.8, 4) is 11.1 Å². The first-order valence-electron chi connectivity index (χ1n) is 8.25. The number of ether oxygens (including phenoxy) is 1. The van der Waals surface area contributed by atoms with Crippen LogP contribution in [0.3, 0.4) is 0 Å². The highest BCUT2D eigenvalue weighted by atomic mass is 16.5. The molecule has 0 heterocycles. The van der Waals surface area contributed by atoms with Crippen molar-refractivity contribution in [3.63, 3.8) is 0 Å². The van der Waals surface area contributed by atoms with Crippen LogP contribution in [0.15, 0.2) is 72.8 Å². The molecule has 0 fully saturated rings. The second-order valence-corrected chi connectivity index (χ2v) is 5.92. The molecule has 0 saturated carbocycles. The highest BCUT2D eigenvalue weighted by Crippen LogP contribution is 2.48. The maximum absolute atomic E-state index is 12.4. The lowest BCUT2D eigenvalue weighted by Crippen LogP contribution is -2.11. The minimum atomic E-state index is -0.255. The third-order valence-corrected chi connectivity index (χ3v) is 4.60. The summed E-state index contributed by atoms with van der Waals surface area (Å²) in [7, 11) is 0. The van der Waals surface area contributed by atoms with Crippen LogP contribution < -0.4 is 0 Å². The van der Waals surface area contributed by atoms with Gasteiger partial charge in [-0.3, -0.25) is 0 Å². The van der Waals surface area contributed by atoms with Crippen molar-refractivity contribution in [1.29, 1.82) is 0 Å². The average molecular weight is 314 g/mol. The fourth-order valence-corrected chi connectivity index (χ4v) is 3.63. The highest BCUT2D eigenvalue weighted by molar-refractivity contribution is 5.93. The van der Waals surface area contributed by atoms with Crippen LogP contribution in [0.1, 0.15) is 39.9 Å². The van der Waals surface area contributed by atoms with Gasteiger partial charge in [-0.2, -0.15) is 0 Å². The van der Waals surface area contributed by atoms with Crippen molar-refractivity contribution in [2.75, 3.05) is 6.61 Å². The van der Waals surface area contributed by atoms with Crippen LogP contribution in [-0.4, -0.2) is 12.6 Å². The zero-order valence-electron chi connectivity index (χ0n) is 13.5. The molecule has 0 spiro atoms. The summed E-state index contributed by atoms with van der Waals surface area (Å²) in [5.74, 6) is -0.187. The largest absolute Gasteiger partial charge is 0.462 e. The number of carbonyl (C=O) groups excluding carboxylic acids is 1. The molecule has 0 amide bonds. The van der Waals surface area contributed by atoms with Crippen LogP contribution in [0.25, 0.3) is 11.1 Å². The standard InChI is InChI=1S/C22H18O2/c1-2-24-22(23)20-14-8-7-13-19(20)21-17-11-5-3-9-15(17)16-10-4-6-12-18(16)21/h3-14,21H,2H2,1H3. The fourth-order valence-electron chi connectivity index (χ4n) is 3.63. The zero-order valence-corrected chi connectivity index (χ0v) is 13.5. The van der Waals surface area contributed by atoms with Gasteiger partial charge in [-0.15, -0.1) is 0 Å². The van der Waals surface area contributed by atoms with Crippen molar-refractivity contribution in [1.82, 2.24) is 0 Å². The quantitative estimate of drug-likeness (QED) is 0.496. The third-order valence-electron chi connectivity index (χ3n) is 4.60. The first-order valence-corrected chi connectivity index (χ1v) is 8.25. The van der Waals surface area contributed by atoms with Gasteiger partial charge in [0.2, 0.25) is 0 Å². The molecule has 0 atom stereocenters. The molecule has 3 aromatic rings. The lowest BCUT2D eigenvalue weighted by atomic mass is 9.86. The van der Waals surface area contributed by atoms with Crippen molar-refractivity contribution in [2.24, 2.45) is 0 Å². The monoisotopic (exact) mass is 314 g/mol. The Morgan fingerprint density at radius 1 is 0.792 bits per heavy atom. The summed E-state index contributed by atoms with van der Waals surface area (Å²) in [5, 5.41) is 0. The number of esters is 1. The van der Waals surface area contributed by atoms with E-state index in [1.807, 2.05) is 31.2 Å². The summed E-state index contributed by atoms with van der Waals surface area (Å²) >= 11 is 0. The van der Waals surface area contributed by atoms with Gasteiger partial charge in [-0.05, 0) is 40.8 Å². The molecule has 0 radical (unpaired) electrons. The normalized spacial score (nSPS) is 12.5. The summed E-state index contributed by atoms with van der Waals surface area (Å²) in [6.45, 7) is 2.21. The Morgan fingerprint density at radius 3 is 1.88 bits per heavy atom. The van der Waals surface area contributed by atoms with Crippen LogP contribution in [0, 0.1) is 0 Å². The average Bonchev–Trinajstić information content (AvgIpc) is 2.96. The minimum Gasteiger partial charge on any atom is -0.462 e. The molecule has 0 aromatic heterocycles. The van der Waals surface area contributed by atoms with Gasteiger partial charge in [0.1, 0.15) is 0 Å². The van der Waals surface area contributed by atoms with Gasteiger partial charge in [-0.25, -0.2) is 4.79 Å². The molecule has 1 aliphatic carbocycles. The second-order valence-electron chi connectivity index (χ2n) is 5.92. The van der Waals surface area contributed by atoms with Crippen molar-refractivity contribution in [3.05, 3.63) is 95.1 Å². The molecule has 2 nitrogen and oxygen atoms in total. The summed E-state index contributed by atoms with van der Waals surface area (Å²) in [6.07, 6.45) is 0. The summed E-state index contributed by atoms with van der Waals surface area (Å²) in [4.78, 5) is 12.4. The topological polar surface area (TPSA) is 26.3 Å². The van der Waals surface area contributed by atoms with Gasteiger partial charge in [0.15, 0.2) is 0 Å². The maximum Gasteiger partial charge on any atom is 0.338 e. The van der Waals surface area contributed by atoms with Crippen LogP contribution in [0.2, 0.25) is 0 Å². The van der Waals surface area contributed by atoms with Crippen molar-refractivity contribution >= 4 is 5.97 Å². The summed E-state index contributed by atoms with van der Waals surface area (Å²) in [5.41, 5.74) is 6.64. The Labute approximate surface area is 141 Å². The van der Waals surface area contributed by atoms with Crippen LogP contribution in [0.5, 0.6) is 0 Å². The van der Waals surface area contributed by atoms with Crippen molar-refractivity contribution in [2.45, 2.75) is 12.8 Å². The number of fused-ring (bicyclic) bond motifs is 3. The SMILES string of the molecule is CCOC(=O)c1ccccc1C1c2ccccc2-c2ccccc21. The molecule has 4 rings (SSSR count). The van der Waals surface area contributed by atoms with E-state index < -0.39 is 0 Å². The number of benzene rings is 3. The van der Waals surface area contributed by atoms with Gasteiger partial charge < -0.3 is 4.74 Å². The highest BCUT2D eigenvalue weighted by Gasteiger charge is 2.31. The Balaban J connectivity index is 1.94. The van der Waals surface area contributed by atoms with Crippen LogP contribution in [-0.2, 0) is 4.74 Å². The first kappa shape index (κ1) is 14.7. The van der Waals surface area contributed by atoms with Crippen LogP contribution >= 0.6 is 0 Å². The van der Waals surface area contributed by atoms with E-state index in [9.17, 15) is 4.79 Å². The predicted octanol–water partition coefficient (Wildman–Crippen LogP) is 5.02. The molecule has 3 aromatic carbocycles. The third kappa shape index (κ3) is 2.23. The van der Waals surface area contributed by atoms with Gasteiger partial charge in [0.25, 0.3) is 0 Å². The van der Waals surface area contributed by atoms with Crippen molar-refractivity contribution < 1.29 is 9.53 Å². The minimum absolute atomic E-state index is 0.0676. The Kier molecular flexibility index (Phi) is 3.66. The smallest absolute Gasteiger partial charge is 0.338 e. The fraction of sp³-hybridized carbons (Fsp3) is 0.136. The molecule has 1 aliphatic rings. The summed E-state index contributed by atoms with van der Waals surface area (Å²) in [6, 6.07) is 24.6. The molecular formula is C22H18O2. The lowest BCUT2D eigenvalue weighted by molar-refractivity contribution is 0.0525. The van der Waals surface area contributed by atoms with E-state index >= 15 is 0 Å². The van der Waals surface area contributed by atoms with Gasteiger partial charge in [0, 0.05) is 5.92 Å². The number of carbonyl (C=O) groups is 1. The molecule has 2 heteroatoms. The van der Waals surface area contributed by atoms with Gasteiger partial charge in [0.05, 0.1) is 12.2 Å². The molecular weight excluding hydrogens is 296 g/mol. The molecule has 118 valence electrons. The van der Waals surface area contributed by atoms with E-state index in [0.717, 1.165) is 5.56 Å². The summed E-state index contributed by atoms with van der Waals surface area (Å²) < 4.78 is 5.27. The first-order chi connectivity index (χ1) is 11.8. The number of hydrogen-bond donors (Lipinski definition) is 0. The van der Waals surface area contributed by atoms with E-state index in [-0.39, 0.29) is 11.9 Å². The Hall–Kier alpha value is -2.87. The molecule has 0 bridgehead atoms. The molecule has 0 N–H and O–H groups in total. The predicted molar refractivity (Wildman–Crippen MR) is 95.2 cm³/mol. The maximum atomic E-state index is 12.4. The molecule has 0 saturated heterocycles. The molecule has 24 heavy (non-hydrogen) atoms. The molecule has 0 unspecified atom stereocenters. The Bertz CT molecular complexity index is 866. The van der Waals surface area contributed by atoms with Gasteiger partial charge >= 0.3 is 5.97 Å². The number of hydrogen-bond acceptors (Lipinski definition) is 2. The second kappa shape index (κ2) is 5.97. The van der Waals surface area contributed by atoms with E-state index in [2.05, 4.69) is 48.5 Å². The zero-order chi connectivity index (χ0) is 16.5. The van der Waals surface area contributed by atoms with E-state index in [0.29, 0.717) is 12.2 Å². The van der Waals surface area contributed by atoms with Gasteiger partial charge in [-0.1, -0.05) is 66.7 Å². The number of rotatable bonds is 3. The molecule has 0 aliphatic heterocycles.